The fourth-order valence-corrected chi connectivity index (χ4v) is 2.85. The second kappa shape index (κ2) is 5.73. The van der Waals surface area contributed by atoms with Crippen LogP contribution in [0.15, 0.2) is 18.2 Å². The van der Waals surface area contributed by atoms with Crippen LogP contribution in [0.2, 0.25) is 0 Å². The number of nitrogens with two attached hydrogens (primary N) is 1. The zero-order valence-corrected chi connectivity index (χ0v) is 11.7. The van der Waals surface area contributed by atoms with Gasteiger partial charge in [0.1, 0.15) is 0 Å². The Labute approximate surface area is 122 Å². The molecule has 0 bridgehead atoms. The number of nitrogens with zero attached hydrogens (tertiary/aromatic N) is 1. The number of carbonyl (C=O) groups is 2. The highest BCUT2D eigenvalue weighted by Crippen LogP contribution is 2.32. The Balaban J connectivity index is 1.72. The molecule has 0 spiro atoms. The molecule has 112 valence electrons. The first-order valence-electron chi connectivity index (χ1n) is 7.11. The molecule has 0 radical (unpaired) electrons. The van der Waals surface area contributed by atoms with Crippen LogP contribution in [0.3, 0.4) is 0 Å². The summed E-state index contributed by atoms with van der Waals surface area (Å²) in [6.07, 6.45) is 2.68. The third-order valence-corrected chi connectivity index (χ3v) is 3.98. The first-order chi connectivity index (χ1) is 10.1. The summed E-state index contributed by atoms with van der Waals surface area (Å²) in [7, 11) is 0. The first kappa shape index (κ1) is 13.9. The molecule has 1 aromatic carbocycles. The zero-order valence-electron chi connectivity index (χ0n) is 11.7. The maximum atomic E-state index is 12.4. The number of benzene rings is 1. The summed E-state index contributed by atoms with van der Waals surface area (Å²) in [6.45, 7) is 1.11. The van der Waals surface area contributed by atoms with Gasteiger partial charge in [0.2, 0.25) is 12.7 Å². The number of rotatable bonds is 4. The van der Waals surface area contributed by atoms with Crippen LogP contribution in [0.1, 0.15) is 29.6 Å². The molecule has 6 heteroatoms. The molecular formula is C15H18N2O4. The lowest BCUT2D eigenvalue weighted by Crippen LogP contribution is -2.49. The van der Waals surface area contributed by atoms with E-state index in [9.17, 15) is 9.59 Å². The molecule has 3 rings (SSSR count). The lowest BCUT2D eigenvalue weighted by atomic mass is 10.0. The molecule has 1 fully saturated rings. The third-order valence-electron chi connectivity index (χ3n) is 3.98. The fourth-order valence-electron chi connectivity index (χ4n) is 2.85. The van der Waals surface area contributed by atoms with Gasteiger partial charge in [0.05, 0.1) is 12.6 Å². The van der Waals surface area contributed by atoms with Crippen molar-refractivity contribution in [2.24, 2.45) is 5.73 Å². The molecule has 0 aromatic heterocycles. The summed E-state index contributed by atoms with van der Waals surface area (Å²) in [5.74, 6) is 0.847. The van der Waals surface area contributed by atoms with Crippen LogP contribution in [0, 0.1) is 0 Å². The van der Waals surface area contributed by atoms with Crippen molar-refractivity contribution in [2.45, 2.75) is 25.3 Å². The van der Waals surface area contributed by atoms with Crippen molar-refractivity contribution < 1.29 is 19.1 Å². The quantitative estimate of drug-likeness (QED) is 0.834. The number of Topliss-reactive ketones (excluding diaryl/α,β-unsaturated/α-hetero) is 1. The van der Waals surface area contributed by atoms with Crippen LogP contribution < -0.4 is 15.2 Å². The van der Waals surface area contributed by atoms with Crippen LogP contribution >= 0.6 is 0 Å². The minimum absolute atomic E-state index is 0.0403. The molecule has 2 aliphatic heterocycles. The molecule has 0 aliphatic carbocycles. The topological polar surface area (TPSA) is 81.9 Å². The van der Waals surface area contributed by atoms with Crippen LogP contribution in [0.4, 0.5) is 0 Å². The Hall–Kier alpha value is -2.08. The molecule has 2 heterocycles. The molecule has 1 unspecified atom stereocenters. The number of ether oxygens (including phenoxy) is 2. The van der Waals surface area contributed by atoms with Gasteiger partial charge >= 0.3 is 0 Å². The maximum Gasteiger partial charge on any atom is 0.234 e. The Morgan fingerprint density at radius 1 is 1.24 bits per heavy atom. The number of hydrogen-bond acceptors (Lipinski definition) is 5. The van der Waals surface area contributed by atoms with Crippen molar-refractivity contribution in [1.29, 1.82) is 0 Å². The zero-order chi connectivity index (χ0) is 14.8. The Kier molecular flexibility index (Phi) is 3.79. The van der Waals surface area contributed by atoms with Gasteiger partial charge in [-0.25, -0.2) is 0 Å². The number of fused-ring (bicyclic) bond motifs is 1. The number of carbonyl (C=O) groups excluding carboxylic acids is 2. The number of hydrogen-bond donors (Lipinski definition) is 1. The lowest BCUT2D eigenvalue weighted by molar-refractivity contribution is -0.124. The van der Waals surface area contributed by atoms with E-state index in [1.807, 2.05) is 4.90 Å². The smallest absolute Gasteiger partial charge is 0.234 e. The van der Waals surface area contributed by atoms with E-state index >= 15 is 0 Å². The average molecular weight is 290 g/mol. The van der Waals surface area contributed by atoms with Gasteiger partial charge in [-0.1, -0.05) is 6.42 Å². The van der Waals surface area contributed by atoms with Gasteiger partial charge in [0.15, 0.2) is 17.3 Å². The monoisotopic (exact) mass is 290 g/mol. The minimum atomic E-state index is -0.354. The van der Waals surface area contributed by atoms with E-state index in [1.165, 1.54) is 0 Å². The molecule has 1 saturated heterocycles. The Bertz CT molecular complexity index is 573. The molecule has 1 amide bonds. The van der Waals surface area contributed by atoms with Crippen LogP contribution in [-0.2, 0) is 4.79 Å². The lowest BCUT2D eigenvalue weighted by Gasteiger charge is -2.32. The first-order valence-corrected chi connectivity index (χ1v) is 7.11. The Morgan fingerprint density at radius 3 is 2.86 bits per heavy atom. The summed E-state index contributed by atoms with van der Waals surface area (Å²) in [5.41, 5.74) is 5.98. The molecular weight excluding hydrogens is 272 g/mol. The van der Waals surface area contributed by atoms with E-state index in [1.54, 1.807) is 18.2 Å². The van der Waals surface area contributed by atoms with Gasteiger partial charge in [0, 0.05) is 5.56 Å². The van der Waals surface area contributed by atoms with Crippen molar-refractivity contribution in [1.82, 2.24) is 4.90 Å². The highest BCUT2D eigenvalue weighted by Gasteiger charge is 2.28. The predicted molar refractivity (Wildman–Crippen MR) is 75.3 cm³/mol. The molecule has 6 nitrogen and oxygen atoms in total. The van der Waals surface area contributed by atoms with Crippen molar-refractivity contribution in [3.8, 4) is 11.5 Å². The predicted octanol–water partition coefficient (Wildman–Crippen LogP) is 0.938. The molecule has 0 saturated carbocycles. The molecule has 1 aromatic rings. The van der Waals surface area contributed by atoms with Gasteiger partial charge in [-0.2, -0.15) is 0 Å². The summed E-state index contributed by atoms with van der Waals surface area (Å²) < 4.78 is 10.5. The van der Waals surface area contributed by atoms with Gasteiger partial charge < -0.3 is 15.2 Å². The van der Waals surface area contributed by atoms with Crippen molar-refractivity contribution >= 4 is 11.7 Å². The van der Waals surface area contributed by atoms with Crippen LogP contribution in [-0.4, -0.2) is 42.5 Å². The molecule has 2 N–H and O–H groups in total. The van der Waals surface area contributed by atoms with E-state index in [0.717, 1.165) is 25.8 Å². The SMILES string of the molecule is NC(=O)C1CCCCN1CC(=O)c1ccc2c(c1)OCO2. The third kappa shape index (κ3) is 2.85. The van der Waals surface area contributed by atoms with E-state index in [2.05, 4.69) is 0 Å². The maximum absolute atomic E-state index is 12.4. The standard InChI is InChI=1S/C15H18N2O4/c16-15(19)11-3-1-2-6-17(11)8-12(18)10-4-5-13-14(7-10)21-9-20-13/h4-5,7,11H,1-3,6,8-9H2,(H2,16,19). The summed E-state index contributed by atoms with van der Waals surface area (Å²) >= 11 is 0. The van der Waals surface area contributed by atoms with Gasteiger partial charge in [-0.3, -0.25) is 14.5 Å². The van der Waals surface area contributed by atoms with Crippen molar-refractivity contribution in [2.75, 3.05) is 19.9 Å². The second-order valence-corrected chi connectivity index (χ2v) is 5.38. The fraction of sp³-hybridized carbons (Fsp3) is 0.467. The van der Waals surface area contributed by atoms with E-state index < -0.39 is 0 Å². The van der Waals surface area contributed by atoms with Crippen molar-refractivity contribution in [3.05, 3.63) is 23.8 Å². The van der Waals surface area contributed by atoms with Gasteiger partial charge in [-0.05, 0) is 37.6 Å². The van der Waals surface area contributed by atoms with Gasteiger partial charge in [0.25, 0.3) is 0 Å². The normalized spacial score (nSPS) is 21.2. The number of likely N-dealkylation sites (tertiary alicyclic amines) is 1. The van der Waals surface area contributed by atoms with E-state index in [4.69, 9.17) is 15.2 Å². The Morgan fingerprint density at radius 2 is 2.05 bits per heavy atom. The van der Waals surface area contributed by atoms with Crippen LogP contribution in [0.25, 0.3) is 0 Å². The number of primary amides is 1. The average Bonchev–Trinajstić information content (AvgIpc) is 2.94. The highest BCUT2D eigenvalue weighted by molar-refractivity contribution is 5.98. The summed E-state index contributed by atoms with van der Waals surface area (Å²) in [4.78, 5) is 25.7. The molecule has 2 aliphatic rings. The molecule has 21 heavy (non-hydrogen) atoms. The van der Waals surface area contributed by atoms with Crippen LogP contribution in [0.5, 0.6) is 11.5 Å². The van der Waals surface area contributed by atoms with Crippen molar-refractivity contribution in [3.63, 3.8) is 0 Å². The summed E-state index contributed by atoms with van der Waals surface area (Å²) in [5, 5.41) is 0. The summed E-state index contributed by atoms with van der Waals surface area (Å²) in [6, 6.07) is 4.81. The number of ketones is 1. The highest BCUT2D eigenvalue weighted by atomic mass is 16.7. The van der Waals surface area contributed by atoms with E-state index in [0.29, 0.717) is 17.1 Å². The molecule has 1 atom stereocenters. The largest absolute Gasteiger partial charge is 0.454 e. The van der Waals surface area contributed by atoms with Gasteiger partial charge in [-0.15, -0.1) is 0 Å². The minimum Gasteiger partial charge on any atom is -0.454 e. The second-order valence-electron chi connectivity index (χ2n) is 5.38. The number of amides is 1. The number of piperidine rings is 1. The van der Waals surface area contributed by atoms with E-state index in [-0.39, 0.29) is 31.1 Å².